The van der Waals surface area contributed by atoms with Gasteiger partial charge < -0.3 is 10.6 Å². The molecule has 136 valence electrons. The quantitative estimate of drug-likeness (QED) is 0.720. The lowest BCUT2D eigenvalue weighted by atomic mass is 10.1. The summed E-state index contributed by atoms with van der Waals surface area (Å²) < 4.78 is 0. The van der Waals surface area contributed by atoms with E-state index in [0.29, 0.717) is 16.8 Å². The second-order valence-electron chi connectivity index (χ2n) is 6.56. The second-order valence-corrected chi connectivity index (χ2v) is 6.56. The van der Waals surface area contributed by atoms with E-state index < -0.39 is 0 Å². The summed E-state index contributed by atoms with van der Waals surface area (Å²) >= 11 is 0. The van der Waals surface area contributed by atoms with Crippen LogP contribution < -0.4 is 10.6 Å². The highest BCUT2D eigenvalue weighted by atomic mass is 16.2. The number of hydrogen-bond acceptors (Lipinski definition) is 3. The number of nitrogens with one attached hydrogen (secondary N) is 2. The largest absolute Gasteiger partial charge is 0.322 e. The fourth-order valence-corrected chi connectivity index (χ4v) is 2.85. The highest BCUT2D eigenvalue weighted by Gasteiger charge is 2.13. The standard InChI is InChI=1S/C22H21N3O2/c1-14-8-15(2)10-19(9-14)24-21(26)17-11-18(13-23-12-17)22(27)25-20-7-5-4-6-16(20)3/h4-13H,1-3H3,(H,24,26)(H,25,27). The fraction of sp³-hybridized carbons (Fsp3) is 0.136. The molecular formula is C22H21N3O2. The topological polar surface area (TPSA) is 71.1 Å². The Morgan fingerprint density at radius 3 is 2.00 bits per heavy atom. The van der Waals surface area contributed by atoms with E-state index in [1.807, 2.05) is 63.2 Å². The molecule has 3 aromatic rings. The molecule has 2 aromatic carbocycles. The van der Waals surface area contributed by atoms with E-state index in [0.717, 1.165) is 22.4 Å². The third-order valence-electron chi connectivity index (χ3n) is 4.14. The summed E-state index contributed by atoms with van der Waals surface area (Å²) in [6, 6.07) is 14.9. The molecule has 1 heterocycles. The third-order valence-corrected chi connectivity index (χ3v) is 4.14. The number of anilines is 2. The first-order valence-corrected chi connectivity index (χ1v) is 8.64. The van der Waals surface area contributed by atoms with Crippen molar-refractivity contribution in [1.82, 2.24) is 4.98 Å². The van der Waals surface area contributed by atoms with Crippen LogP contribution in [0.2, 0.25) is 0 Å². The van der Waals surface area contributed by atoms with E-state index in [4.69, 9.17) is 0 Å². The number of pyridine rings is 1. The maximum Gasteiger partial charge on any atom is 0.257 e. The molecule has 3 rings (SSSR count). The molecule has 0 radical (unpaired) electrons. The highest BCUT2D eigenvalue weighted by molar-refractivity contribution is 6.08. The number of amides is 2. The number of para-hydroxylation sites is 1. The maximum atomic E-state index is 12.5. The Labute approximate surface area is 158 Å². The van der Waals surface area contributed by atoms with Crippen molar-refractivity contribution in [2.45, 2.75) is 20.8 Å². The number of aromatic nitrogens is 1. The predicted molar refractivity (Wildman–Crippen MR) is 107 cm³/mol. The van der Waals surface area contributed by atoms with Crippen LogP contribution in [0.1, 0.15) is 37.4 Å². The average molecular weight is 359 g/mol. The molecule has 0 unspecified atom stereocenters. The Hall–Kier alpha value is -3.47. The Morgan fingerprint density at radius 1 is 0.778 bits per heavy atom. The third kappa shape index (κ3) is 4.58. The van der Waals surface area contributed by atoms with Crippen LogP contribution in [0, 0.1) is 20.8 Å². The minimum Gasteiger partial charge on any atom is -0.322 e. The summed E-state index contributed by atoms with van der Waals surface area (Å²) in [5, 5.41) is 5.70. The van der Waals surface area contributed by atoms with Gasteiger partial charge in [-0.25, -0.2) is 0 Å². The zero-order chi connectivity index (χ0) is 19.4. The lowest BCUT2D eigenvalue weighted by Crippen LogP contribution is -2.16. The number of carbonyl (C=O) groups excluding carboxylic acids is 2. The predicted octanol–water partition coefficient (Wildman–Crippen LogP) is 4.51. The molecule has 0 aliphatic carbocycles. The number of carbonyl (C=O) groups is 2. The van der Waals surface area contributed by atoms with E-state index in [1.54, 1.807) is 6.07 Å². The lowest BCUT2D eigenvalue weighted by molar-refractivity contribution is 0.102. The summed E-state index contributed by atoms with van der Waals surface area (Å²) in [4.78, 5) is 29.1. The first-order valence-electron chi connectivity index (χ1n) is 8.64. The summed E-state index contributed by atoms with van der Waals surface area (Å²) in [5.74, 6) is -0.615. The number of hydrogen-bond donors (Lipinski definition) is 2. The van der Waals surface area contributed by atoms with Gasteiger partial charge in [0.1, 0.15) is 0 Å². The average Bonchev–Trinajstić information content (AvgIpc) is 2.63. The van der Waals surface area contributed by atoms with Gasteiger partial charge in [0.25, 0.3) is 11.8 Å². The zero-order valence-electron chi connectivity index (χ0n) is 15.5. The van der Waals surface area contributed by atoms with Gasteiger partial charge in [-0.15, -0.1) is 0 Å². The number of aryl methyl sites for hydroxylation is 3. The van der Waals surface area contributed by atoms with Crippen LogP contribution in [0.15, 0.2) is 60.9 Å². The van der Waals surface area contributed by atoms with Crippen molar-refractivity contribution in [1.29, 1.82) is 0 Å². The van der Waals surface area contributed by atoms with Crippen molar-refractivity contribution >= 4 is 23.2 Å². The van der Waals surface area contributed by atoms with Crippen LogP contribution in [-0.2, 0) is 0 Å². The monoisotopic (exact) mass is 359 g/mol. The zero-order valence-corrected chi connectivity index (χ0v) is 15.5. The molecule has 0 atom stereocenters. The van der Waals surface area contributed by atoms with E-state index in [-0.39, 0.29) is 11.8 Å². The first-order chi connectivity index (χ1) is 12.9. The van der Waals surface area contributed by atoms with Crippen molar-refractivity contribution in [3.05, 3.63) is 88.7 Å². The maximum absolute atomic E-state index is 12.5. The van der Waals surface area contributed by atoms with Crippen LogP contribution >= 0.6 is 0 Å². The minimum atomic E-state index is -0.308. The second kappa shape index (κ2) is 7.83. The molecule has 5 nitrogen and oxygen atoms in total. The summed E-state index contributed by atoms with van der Waals surface area (Å²) in [6.45, 7) is 5.86. The van der Waals surface area contributed by atoms with Gasteiger partial charge >= 0.3 is 0 Å². The molecule has 0 fully saturated rings. The molecule has 0 aliphatic heterocycles. The lowest BCUT2D eigenvalue weighted by Gasteiger charge is -2.10. The van der Waals surface area contributed by atoms with Gasteiger partial charge in [-0.3, -0.25) is 14.6 Å². The number of benzene rings is 2. The van der Waals surface area contributed by atoms with E-state index in [9.17, 15) is 9.59 Å². The Bertz CT molecular complexity index is 992. The van der Waals surface area contributed by atoms with Crippen molar-refractivity contribution < 1.29 is 9.59 Å². The fourth-order valence-electron chi connectivity index (χ4n) is 2.85. The van der Waals surface area contributed by atoms with Crippen LogP contribution in [0.4, 0.5) is 11.4 Å². The van der Waals surface area contributed by atoms with Gasteiger partial charge in [0.15, 0.2) is 0 Å². The van der Waals surface area contributed by atoms with Crippen LogP contribution in [0.25, 0.3) is 0 Å². The van der Waals surface area contributed by atoms with Gasteiger partial charge in [0.05, 0.1) is 11.1 Å². The molecule has 0 spiro atoms. The van der Waals surface area contributed by atoms with Crippen molar-refractivity contribution in [2.24, 2.45) is 0 Å². The molecule has 5 heteroatoms. The van der Waals surface area contributed by atoms with E-state index >= 15 is 0 Å². The molecule has 0 aliphatic rings. The molecule has 1 aromatic heterocycles. The molecule has 0 saturated heterocycles. The normalized spacial score (nSPS) is 10.3. The van der Waals surface area contributed by atoms with Crippen LogP contribution in [-0.4, -0.2) is 16.8 Å². The van der Waals surface area contributed by atoms with Gasteiger partial charge in [-0.1, -0.05) is 24.3 Å². The Balaban J connectivity index is 1.77. The molecule has 0 bridgehead atoms. The van der Waals surface area contributed by atoms with Gasteiger partial charge in [0, 0.05) is 23.8 Å². The minimum absolute atomic E-state index is 0.307. The molecule has 2 amide bonds. The molecule has 2 N–H and O–H groups in total. The number of nitrogens with zero attached hydrogens (tertiary/aromatic N) is 1. The van der Waals surface area contributed by atoms with Crippen molar-refractivity contribution in [2.75, 3.05) is 10.6 Å². The Kier molecular flexibility index (Phi) is 5.31. The smallest absolute Gasteiger partial charge is 0.257 e. The van der Waals surface area contributed by atoms with Gasteiger partial charge in [-0.2, -0.15) is 0 Å². The van der Waals surface area contributed by atoms with Crippen LogP contribution in [0.3, 0.4) is 0 Å². The van der Waals surface area contributed by atoms with Gasteiger partial charge in [-0.05, 0) is 61.7 Å². The van der Waals surface area contributed by atoms with Crippen molar-refractivity contribution in [3.63, 3.8) is 0 Å². The molecule has 27 heavy (non-hydrogen) atoms. The Morgan fingerprint density at radius 2 is 1.37 bits per heavy atom. The summed E-state index contributed by atoms with van der Waals surface area (Å²) in [5.41, 5.74) is 5.19. The molecular weight excluding hydrogens is 338 g/mol. The van der Waals surface area contributed by atoms with Crippen molar-refractivity contribution in [3.8, 4) is 0 Å². The summed E-state index contributed by atoms with van der Waals surface area (Å²) in [7, 11) is 0. The van der Waals surface area contributed by atoms with Crippen LogP contribution in [0.5, 0.6) is 0 Å². The van der Waals surface area contributed by atoms with Gasteiger partial charge in [0.2, 0.25) is 0 Å². The molecule has 0 saturated carbocycles. The van der Waals surface area contributed by atoms with E-state index in [1.165, 1.54) is 12.4 Å². The first kappa shape index (κ1) is 18.3. The SMILES string of the molecule is Cc1cc(C)cc(NC(=O)c2cncc(C(=O)Nc3ccccc3C)c2)c1. The summed E-state index contributed by atoms with van der Waals surface area (Å²) in [6.07, 6.45) is 2.89. The highest BCUT2D eigenvalue weighted by Crippen LogP contribution is 2.17. The number of rotatable bonds is 4. The van der Waals surface area contributed by atoms with E-state index in [2.05, 4.69) is 15.6 Å².